The van der Waals surface area contributed by atoms with Crippen LogP contribution in [0.5, 0.6) is 0 Å². The van der Waals surface area contributed by atoms with Crippen LogP contribution in [0.1, 0.15) is 18.7 Å². The van der Waals surface area contributed by atoms with Crippen molar-refractivity contribution in [1.82, 2.24) is 14.9 Å². The lowest BCUT2D eigenvalue weighted by atomic mass is 10.1. The number of nitrogens with two attached hydrogens (primary N) is 1. The molecule has 2 heterocycles. The van der Waals surface area contributed by atoms with E-state index in [-0.39, 0.29) is 18.0 Å². The maximum atomic E-state index is 11.9. The van der Waals surface area contributed by atoms with Crippen molar-refractivity contribution in [1.29, 1.82) is 0 Å². The number of H-pyrrole nitrogens is 1. The molecule has 0 spiro atoms. The van der Waals surface area contributed by atoms with Crippen LogP contribution in [0.15, 0.2) is 16.2 Å². The van der Waals surface area contributed by atoms with E-state index < -0.39 is 0 Å². The molecule has 0 aromatic carbocycles. The molecule has 1 atom stereocenters. The lowest BCUT2D eigenvalue weighted by Crippen LogP contribution is -2.39. The predicted octanol–water partition coefficient (Wildman–Crippen LogP) is 1.58. The highest BCUT2D eigenvalue weighted by molar-refractivity contribution is 7.17. The molecule has 20 heavy (non-hydrogen) atoms. The molecule has 1 unspecified atom stereocenters. The van der Waals surface area contributed by atoms with Crippen molar-refractivity contribution in [2.24, 2.45) is 11.7 Å². The normalized spacial score (nSPS) is 16.4. The zero-order chi connectivity index (χ0) is 13.4. The fourth-order valence-electron chi connectivity index (χ4n) is 2.56. The van der Waals surface area contributed by atoms with Gasteiger partial charge in [-0.15, -0.1) is 23.7 Å². The Morgan fingerprint density at radius 1 is 1.60 bits per heavy atom. The molecular weight excluding hydrogens is 296 g/mol. The first-order chi connectivity index (χ1) is 9.19. The Bertz CT molecular complexity index is 637. The fraction of sp³-hybridized carbons (Fsp3) is 0.538. The van der Waals surface area contributed by atoms with Gasteiger partial charge in [0, 0.05) is 12.6 Å². The van der Waals surface area contributed by atoms with E-state index in [1.54, 1.807) is 0 Å². The predicted molar refractivity (Wildman–Crippen MR) is 84.5 cm³/mol. The van der Waals surface area contributed by atoms with Gasteiger partial charge in [0.15, 0.2) is 0 Å². The average Bonchev–Trinajstić information content (AvgIpc) is 3.07. The minimum atomic E-state index is -0.0425. The lowest BCUT2D eigenvalue weighted by Gasteiger charge is -2.26. The molecule has 5 nitrogen and oxygen atoms in total. The summed E-state index contributed by atoms with van der Waals surface area (Å²) in [6.07, 6.45) is 2.53. The molecule has 110 valence electrons. The van der Waals surface area contributed by atoms with E-state index in [0.29, 0.717) is 29.7 Å². The van der Waals surface area contributed by atoms with Gasteiger partial charge in [-0.25, -0.2) is 4.98 Å². The summed E-state index contributed by atoms with van der Waals surface area (Å²) in [5.41, 5.74) is 6.58. The van der Waals surface area contributed by atoms with Crippen molar-refractivity contribution in [3.63, 3.8) is 0 Å². The monoisotopic (exact) mass is 314 g/mol. The van der Waals surface area contributed by atoms with Crippen LogP contribution in [-0.2, 0) is 6.54 Å². The Balaban J connectivity index is 0.00000147. The highest BCUT2D eigenvalue weighted by Gasteiger charge is 2.32. The van der Waals surface area contributed by atoms with Gasteiger partial charge < -0.3 is 10.7 Å². The standard InChI is InChI=1S/C13H18N4OS.ClH/c1-17(10(6-14)8-2-3-8)7-11-15-9-4-5-19-12(9)13(18)16-11;/h4-5,8,10H,2-3,6-7,14H2,1H3,(H,15,16,18);1H. The first kappa shape index (κ1) is 15.4. The molecule has 2 aromatic heterocycles. The van der Waals surface area contributed by atoms with Gasteiger partial charge in [-0.1, -0.05) is 0 Å². The Kier molecular flexibility index (Phi) is 4.80. The smallest absolute Gasteiger partial charge is 0.268 e. The van der Waals surface area contributed by atoms with Crippen molar-refractivity contribution < 1.29 is 0 Å². The maximum absolute atomic E-state index is 11.9. The van der Waals surface area contributed by atoms with Crippen molar-refractivity contribution in [2.75, 3.05) is 13.6 Å². The summed E-state index contributed by atoms with van der Waals surface area (Å²) in [6.45, 7) is 1.30. The highest BCUT2D eigenvalue weighted by Crippen LogP contribution is 2.34. The van der Waals surface area contributed by atoms with Gasteiger partial charge >= 0.3 is 0 Å². The summed E-state index contributed by atoms with van der Waals surface area (Å²) < 4.78 is 0.698. The zero-order valence-corrected chi connectivity index (χ0v) is 13.0. The number of aromatic nitrogens is 2. The number of rotatable bonds is 5. The third-order valence-corrected chi connectivity index (χ3v) is 4.64. The zero-order valence-electron chi connectivity index (χ0n) is 11.3. The number of aromatic amines is 1. The second-order valence-corrected chi connectivity index (χ2v) is 6.12. The van der Waals surface area contributed by atoms with Crippen LogP contribution in [0.25, 0.3) is 10.2 Å². The molecule has 0 aliphatic heterocycles. The van der Waals surface area contributed by atoms with E-state index in [1.165, 1.54) is 24.2 Å². The third kappa shape index (κ3) is 3.03. The topological polar surface area (TPSA) is 75.0 Å². The molecule has 2 aromatic rings. The van der Waals surface area contributed by atoms with E-state index >= 15 is 0 Å². The molecule has 0 amide bonds. The Hall–Kier alpha value is -0.950. The van der Waals surface area contributed by atoms with E-state index in [2.05, 4.69) is 14.9 Å². The van der Waals surface area contributed by atoms with Crippen LogP contribution in [0.2, 0.25) is 0 Å². The number of fused-ring (bicyclic) bond motifs is 1. The Morgan fingerprint density at radius 3 is 3.00 bits per heavy atom. The summed E-state index contributed by atoms with van der Waals surface area (Å²) in [7, 11) is 2.05. The highest BCUT2D eigenvalue weighted by atomic mass is 35.5. The molecule has 3 N–H and O–H groups in total. The van der Waals surface area contributed by atoms with E-state index in [1.807, 2.05) is 18.5 Å². The van der Waals surface area contributed by atoms with Crippen LogP contribution >= 0.6 is 23.7 Å². The van der Waals surface area contributed by atoms with Gasteiger partial charge in [0.1, 0.15) is 10.5 Å². The minimum absolute atomic E-state index is 0. The van der Waals surface area contributed by atoms with Gasteiger partial charge in [-0.2, -0.15) is 0 Å². The number of nitrogens with one attached hydrogen (secondary N) is 1. The van der Waals surface area contributed by atoms with Gasteiger partial charge in [0.05, 0.1) is 12.1 Å². The SMILES string of the molecule is CN(Cc1nc2ccsc2c(=O)[nH]1)C(CN)C1CC1.Cl. The maximum Gasteiger partial charge on any atom is 0.268 e. The molecule has 3 rings (SSSR count). The molecule has 1 saturated carbocycles. The lowest BCUT2D eigenvalue weighted by molar-refractivity contribution is 0.211. The van der Waals surface area contributed by atoms with Crippen LogP contribution in [0.3, 0.4) is 0 Å². The fourth-order valence-corrected chi connectivity index (χ4v) is 3.29. The molecule has 0 saturated heterocycles. The van der Waals surface area contributed by atoms with Gasteiger partial charge in [-0.05, 0) is 37.3 Å². The first-order valence-corrected chi connectivity index (χ1v) is 7.43. The summed E-state index contributed by atoms with van der Waals surface area (Å²) in [6, 6.07) is 2.28. The minimum Gasteiger partial charge on any atom is -0.329 e. The molecular formula is C13H19ClN4OS. The molecule has 1 aliphatic rings. The van der Waals surface area contributed by atoms with Gasteiger partial charge in [0.25, 0.3) is 5.56 Å². The van der Waals surface area contributed by atoms with E-state index in [9.17, 15) is 4.79 Å². The summed E-state index contributed by atoms with van der Waals surface area (Å²) in [5, 5.41) is 1.90. The summed E-state index contributed by atoms with van der Waals surface area (Å²) in [5.74, 6) is 1.43. The number of hydrogen-bond donors (Lipinski definition) is 2. The number of likely N-dealkylation sites (N-methyl/N-ethyl adjacent to an activating group) is 1. The van der Waals surface area contributed by atoms with Crippen LogP contribution in [-0.4, -0.2) is 34.5 Å². The molecule has 1 aliphatic carbocycles. The first-order valence-electron chi connectivity index (χ1n) is 6.55. The molecule has 7 heteroatoms. The van der Waals surface area contributed by atoms with Crippen LogP contribution in [0, 0.1) is 5.92 Å². The second-order valence-electron chi connectivity index (χ2n) is 5.20. The molecule has 0 radical (unpaired) electrons. The van der Waals surface area contributed by atoms with Crippen LogP contribution < -0.4 is 11.3 Å². The average molecular weight is 315 g/mol. The third-order valence-electron chi connectivity index (χ3n) is 3.74. The van der Waals surface area contributed by atoms with Crippen molar-refractivity contribution >= 4 is 34.0 Å². The van der Waals surface area contributed by atoms with Crippen molar-refractivity contribution in [3.05, 3.63) is 27.6 Å². The van der Waals surface area contributed by atoms with Crippen molar-refractivity contribution in [2.45, 2.75) is 25.4 Å². The van der Waals surface area contributed by atoms with E-state index in [4.69, 9.17) is 5.73 Å². The Morgan fingerprint density at radius 2 is 2.35 bits per heavy atom. The number of nitrogens with zero attached hydrogens (tertiary/aromatic N) is 2. The van der Waals surface area contributed by atoms with Crippen molar-refractivity contribution in [3.8, 4) is 0 Å². The van der Waals surface area contributed by atoms with Gasteiger partial charge in [-0.3, -0.25) is 9.69 Å². The summed E-state index contributed by atoms with van der Waals surface area (Å²) in [4.78, 5) is 21.5. The van der Waals surface area contributed by atoms with Gasteiger partial charge in [0.2, 0.25) is 0 Å². The number of thiophene rings is 1. The number of hydrogen-bond acceptors (Lipinski definition) is 5. The van der Waals surface area contributed by atoms with Crippen LogP contribution in [0.4, 0.5) is 0 Å². The summed E-state index contributed by atoms with van der Waals surface area (Å²) >= 11 is 1.43. The molecule has 0 bridgehead atoms. The molecule has 1 fully saturated rings. The number of halogens is 1. The largest absolute Gasteiger partial charge is 0.329 e. The Labute approximate surface area is 127 Å². The quantitative estimate of drug-likeness (QED) is 0.878. The second kappa shape index (κ2) is 6.22. The van der Waals surface area contributed by atoms with E-state index in [0.717, 1.165) is 11.3 Å².